The Hall–Kier alpha value is -2.01. The highest BCUT2D eigenvalue weighted by Gasteiger charge is 2.14. The van der Waals surface area contributed by atoms with Gasteiger partial charge in [0.25, 0.3) is 0 Å². The van der Waals surface area contributed by atoms with E-state index in [1.807, 2.05) is 30.3 Å². The van der Waals surface area contributed by atoms with Gasteiger partial charge in [-0.3, -0.25) is 10.1 Å². The molecular formula is C13H11NO3S. The first-order valence-corrected chi connectivity index (χ1v) is 6.07. The summed E-state index contributed by atoms with van der Waals surface area (Å²) in [5.41, 5.74) is -0.0186. The molecule has 0 heterocycles. The third-order valence-electron chi connectivity index (χ3n) is 2.33. The molecule has 0 aliphatic rings. The zero-order valence-electron chi connectivity index (χ0n) is 9.70. The van der Waals surface area contributed by atoms with Crippen LogP contribution < -0.4 is 4.74 Å². The first kappa shape index (κ1) is 12.4. The van der Waals surface area contributed by atoms with Gasteiger partial charge in [0.2, 0.25) is 0 Å². The number of nitro groups is 1. The standard InChI is InChI=1S/C13H11NO3S/c1-17-13-9-11(7-8-12(13)14(15)16)18-10-5-3-2-4-6-10/h2-9H,1H3. The van der Waals surface area contributed by atoms with E-state index < -0.39 is 4.92 Å². The molecule has 2 aromatic carbocycles. The van der Waals surface area contributed by atoms with E-state index in [1.165, 1.54) is 24.9 Å². The topological polar surface area (TPSA) is 52.4 Å². The van der Waals surface area contributed by atoms with Crippen molar-refractivity contribution in [1.82, 2.24) is 0 Å². The fourth-order valence-electron chi connectivity index (χ4n) is 1.50. The lowest BCUT2D eigenvalue weighted by Crippen LogP contribution is -1.93. The average molecular weight is 261 g/mol. The molecule has 4 nitrogen and oxygen atoms in total. The molecule has 0 aliphatic heterocycles. The van der Waals surface area contributed by atoms with Crippen LogP contribution in [-0.4, -0.2) is 12.0 Å². The highest BCUT2D eigenvalue weighted by Crippen LogP contribution is 2.34. The fraction of sp³-hybridized carbons (Fsp3) is 0.0769. The van der Waals surface area contributed by atoms with Crippen LogP contribution in [0.15, 0.2) is 58.3 Å². The van der Waals surface area contributed by atoms with Gasteiger partial charge in [0, 0.05) is 21.9 Å². The number of hydrogen-bond acceptors (Lipinski definition) is 4. The predicted octanol–water partition coefficient (Wildman–Crippen LogP) is 3.75. The van der Waals surface area contributed by atoms with Crippen molar-refractivity contribution in [2.45, 2.75) is 9.79 Å². The van der Waals surface area contributed by atoms with Crippen LogP contribution in [0.2, 0.25) is 0 Å². The molecule has 92 valence electrons. The summed E-state index contributed by atoms with van der Waals surface area (Å²) < 4.78 is 5.03. The van der Waals surface area contributed by atoms with Crippen molar-refractivity contribution in [2.75, 3.05) is 7.11 Å². The highest BCUT2D eigenvalue weighted by atomic mass is 32.2. The lowest BCUT2D eigenvalue weighted by molar-refractivity contribution is -0.385. The van der Waals surface area contributed by atoms with Gasteiger partial charge in [0.15, 0.2) is 5.75 Å². The van der Waals surface area contributed by atoms with Crippen molar-refractivity contribution in [1.29, 1.82) is 0 Å². The number of methoxy groups -OCH3 is 1. The summed E-state index contributed by atoms with van der Waals surface area (Å²) in [7, 11) is 1.43. The summed E-state index contributed by atoms with van der Waals surface area (Å²) >= 11 is 1.53. The first-order valence-electron chi connectivity index (χ1n) is 5.26. The van der Waals surface area contributed by atoms with Crippen LogP contribution >= 0.6 is 11.8 Å². The van der Waals surface area contributed by atoms with Crippen LogP contribution in [0.4, 0.5) is 5.69 Å². The Bertz CT molecular complexity index is 557. The van der Waals surface area contributed by atoms with Gasteiger partial charge >= 0.3 is 5.69 Å². The number of ether oxygens (including phenoxy) is 1. The molecule has 0 radical (unpaired) electrons. The van der Waals surface area contributed by atoms with Gasteiger partial charge in [-0.25, -0.2) is 0 Å². The summed E-state index contributed by atoms with van der Waals surface area (Å²) in [5.74, 6) is 0.279. The smallest absolute Gasteiger partial charge is 0.310 e. The molecule has 2 aromatic rings. The Morgan fingerprint density at radius 2 is 1.83 bits per heavy atom. The molecule has 0 spiro atoms. The number of benzene rings is 2. The SMILES string of the molecule is COc1cc(Sc2ccccc2)ccc1[N+](=O)[O-]. The molecule has 0 saturated carbocycles. The van der Waals surface area contributed by atoms with Gasteiger partial charge in [-0.2, -0.15) is 0 Å². The quantitative estimate of drug-likeness (QED) is 0.621. The molecule has 0 bridgehead atoms. The maximum Gasteiger partial charge on any atom is 0.310 e. The van der Waals surface area contributed by atoms with Gasteiger partial charge in [-0.05, 0) is 18.2 Å². The third kappa shape index (κ3) is 2.81. The molecule has 0 saturated heterocycles. The highest BCUT2D eigenvalue weighted by molar-refractivity contribution is 7.99. The Balaban J connectivity index is 2.28. The molecule has 2 rings (SSSR count). The van der Waals surface area contributed by atoms with Crippen LogP contribution in [0.5, 0.6) is 5.75 Å². The Morgan fingerprint density at radius 1 is 1.11 bits per heavy atom. The van der Waals surface area contributed by atoms with E-state index in [4.69, 9.17) is 4.74 Å². The van der Waals surface area contributed by atoms with Crippen molar-refractivity contribution in [2.24, 2.45) is 0 Å². The second-order valence-corrected chi connectivity index (χ2v) is 4.65. The number of nitrogens with zero attached hydrogens (tertiary/aromatic N) is 1. The summed E-state index contributed by atoms with van der Waals surface area (Å²) in [4.78, 5) is 12.3. The van der Waals surface area contributed by atoms with E-state index in [1.54, 1.807) is 12.1 Å². The van der Waals surface area contributed by atoms with E-state index >= 15 is 0 Å². The van der Waals surface area contributed by atoms with Crippen LogP contribution in [0.1, 0.15) is 0 Å². The lowest BCUT2D eigenvalue weighted by atomic mass is 10.3. The van der Waals surface area contributed by atoms with Gasteiger partial charge in [0.05, 0.1) is 12.0 Å². The Labute approximate surface area is 109 Å². The Morgan fingerprint density at radius 3 is 2.44 bits per heavy atom. The summed E-state index contributed by atoms with van der Waals surface area (Å²) in [5, 5.41) is 10.8. The summed E-state index contributed by atoms with van der Waals surface area (Å²) in [6.07, 6.45) is 0. The molecule has 5 heteroatoms. The van der Waals surface area contributed by atoms with Crippen molar-refractivity contribution < 1.29 is 9.66 Å². The Kier molecular flexibility index (Phi) is 3.84. The van der Waals surface area contributed by atoms with Gasteiger partial charge < -0.3 is 4.74 Å². The van der Waals surface area contributed by atoms with Crippen molar-refractivity contribution in [3.8, 4) is 5.75 Å². The van der Waals surface area contributed by atoms with E-state index in [0.29, 0.717) is 0 Å². The zero-order chi connectivity index (χ0) is 13.0. The molecule has 0 N–H and O–H groups in total. The first-order chi connectivity index (χ1) is 8.70. The summed E-state index contributed by atoms with van der Waals surface area (Å²) in [6.45, 7) is 0. The molecular weight excluding hydrogens is 250 g/mol. The number of rotatable bonds is 4. The van der Waals surface area contributed by atoms with Gasteiger partial charge in [0.1, 0.15) is 0 Å². The molecule has 0 aromatic heterocycles. The third-order valence-corrected chi connectivity index (χ3v) is 3.32. The second-order valence-electron chi connectivity index (χ2n) is 3.51. The minimum Gasteiger partial charge on any atom is -0.490 e. The summed E-state index contributed by atoms with van der Waals surface area (Å²) in [6, 6.07) is 14.7. The number of nitro benzene ring substituents is 1. The maximum atomic E-state index is 10.8. The van der Waals surface area contributed by atoms with Crippen LogP contribution in [0.3, 0.4) is 0 Å². The number of hydrogen-bond donors (Lipinski definition) is 0. The molecule has 0 fully saturated rings. The van der Waals surface area contributed by atoms with Gasteiger partial charge in [-0.1, -0.05) is 30.0 Å². The minimum absolute atomic E-state index is 0.0186. The lowest BCUT2D eigenvalue weighted by Gasteiger charge is -2.05. The average Bonchev–Trinajstić information content (AvgIpc) is 2.39. The van der Waals surface area contributed by atoms with E-state index in [9.17, 15) is 10.1 Å². The predicted molar refractivity (Wildman–Crippen MR) is 70.2 cm³/mol. The maximum absolute atomic E-state index is 10.8. The van der Waals surface area contributed by atoms with E-state index in [-0.39, 0.29) is 11.4 Å². The van der Waals surface area contributed by atoms with Crippen molar-refractivity contribution >= 4 is 17.4 Å². The van der Waals surface area contributed by atoms with Crippen molar-refractivity contribution in [3.63, 3.8) is 0 Å². The van der Waals surface area contributed by atoms with Crippen LogP contribution in [-0.2, 0) is 0 Å². The van der Waals surface area contributed by atoms with Crippen molar-refractivity contribution in [3.05, 3.63) is 58.6 Å². The molecule has 0 amide bonds. The zero-order valence-corrected chi connectivity index (χ0v) is 10.5. The monoisotopic (exact) mass is 261 g/mol. The molecule has 0 unspecified atom stereocenters. The molecule has 18 heavy (non-hydrogen) atoms. The normalized spacial score (nSPS) is 10.1. The van der Waals surface area contributed by atoms with Gasteiger partial charge in [-0.15, -0.1) is 0 Å². The molecule has 0 aliphatic carbocycles. The van der Waals surface area contributed by atoms with Crippen LogP contribution in [0, 0.1) is 10.1 Å². The van der Waals surface area contributed by atoms with E-state index in [2.05, 4.69) is 0 Å². The van der Waals surface area contributed by atoms with E-state index in [0.717, 1.165) is 9.79 Å². The second kappa shape index (κ2) is 5.55. The minimum atomic E-state index is -0.449. The van der Waals surface area contributed by atoms with Crippen LogP contribution in [0.25, 0.3) is 0 Å². The largest absolute Gasteiger partial charge is 0.490 e. The molecule has 0 atom stereocenters. The fourth-order valence-corrected chi connectivity index (χ4v) is 2.36.